The predicted molar refractivity (Wildman–Crippen MR) is 81.1 cm³/mol. The summed E-state index contributed by atoms with van der Waals surface area (Å²) in [6, 6.07) is 7.90. The average Bonchev–Trinajstić information content (AvgIpc) is 2.40. The molecule has 0 unspecified atom stereocenters. The van der Waals surface area contributed by atoms with E-state index in [2.05, 4.69) is 38.8 Å². The number of unbranched alkanes of at least 4 members (excludes halogenated alkanes) is 5. The van der Waals surface area contributed by atoms with Crippen molar-refractivity contribution in [1.29, 1.82) is 0 Å². The first-order valence-corrected chi connectivity index (χ1v) is 7.72. The van der Waals surface area contributed by atoms with Gasteiger partial charge in [0, 0.05) is 5.33 Å². The van der Waals surface area contributed by atoms with Crippen LogP contribution in [0.2, 0.25) is 0 Å². The number of hydrogen-bond donors (Lipinski definition) is 1. The molecule has 0 aliphatic heterocycles. The van der Waals surface area contributed by atoms with Crippen molar-refractivity contribution in [2.75, 3.05) is 10.8 Å². The number of rotatable bonds is 10. The quantitative estimate of drug-likeness (QED) is 0.284. The second-order valence-corrected chi connectivity index (χ2v) is 5.25. The molecule has 0 aromatic heterocycles. The molecule has 4 heteroatoms. The van der Waals surface area contributed by atoms with Gasteiger partial charge in [-0.3, -0.25) is 0 Å². The fourth-order valence-electron chi connectivity index (χ4n) is 1.93. The molecule has 100 valence electrons. The second-order valence-electron chi connectivity index (χ2n) is 4.46. The van der Waals surface area contributed by atoms with E-state index in [1.54, 1.807) is 0 Å². The number of benzene rings is 1. The molecule has 0 saturated heterocycles. The van der Waals surface area contributed by atoms with Crippen molar-refractivity contribution in [2.24, 2.45) is 5.29 Å². The number of nitroso groups, excluding NO2 is 1. The van der Waals surface area contributed by atoms with Crippen LogP contribution >= 0.6 is 15.9 Å². The van der Waals surface area contributed by atoms with Crippen molar-refractivity contribution in [3.8, 4) is 0 Å². The van der Waals surface area contributed by atoms with E-state index >= 15 is 0 Å². The highest BCUT2D eigenvalue weighted by atomic mass is 79.9. The number of nitrogens with zero attached hydrogens (tertiary/aromatic N) is 1. The van der Waals surface area contributed by atoms with Crippen molar-refractivity contribution in [3.63, 3.8) is 0 Å². The first-order chi connectivity index (χ1) is 8.86. The zero-order chi connectivity index (χ0) is 13.1. The number of nitrogens with one attached hydrogen (secondary N) is 1. The molecule has 3 nitrogen and oxygen atoms in total. The molecule has 1 aromatic rings. The van der Waals surface area contributed by atoms with E-state index in [0.717, 1.165) is 17.4 Å². The average molecular weight is 313 g/mol. The van der Waals surface area contributed by atoms with Crippen molar-refractivity contribution in [2.45, 2.75) is 44.9 Å². The Morgan fingerprint density at radius 1 is 0.944 bits per heavy atom. The van der Waals surface area contributed by atoms with Gasteiger partial charge in [0.05, 0.1) is 11.0 Å². The van der Waals surface area contributed by atoms with Crippen molar-refractivity contribution >= 4 is 21.6 Å². The molecule has 1 N–H and O–H groups in total. The first kappa shape index (κ1) is 15.2. The summed E-state index contributed by atoms with van der Waals surface area (Å²) in [5.41, 5.74) is 4.48. The van der Waals surface area contributed by atoms with Crippen LogP contribution in [-0.4, -0.2) is 5.33 Å². The van der Waals surface area contributed by atoms with Crippen molar-refractivity contribution < 1.29 is 0 Å². The van der Waals surface area contributed by atoms with Gasteiger partial charge in [-0.1, -0.05) is 53.7 Å². The molecule has 1 aromatic carbocycles. The minimum Gasteiger partial charge on any atom is -0.242 e. The fraction of sp³-hybridized carbons (Fsp3) is 0.571. The van der Waals surface area contributed by atoms with Crippen molar-refractivity contribution in [1.82, 2.24) is 0 Å². The Hall–Kier alpha value is -0.900. The summed E-state index contributed by atoms with van der Waals surface area (Å²) in [6.07, 6.45) is 8.98. The molecule has 18 heavy (non-hydrogen) atoms. The lowest BCUT2D eigenvalue weighted by Crippen LogP contribution is -1.89. The molecular weight excluding hydrogens is 292 g/mol. The van der Waals surface area contributed by atoms with Crippen molar-refractivity contribution in [3.05, 3.63) is 34.7 Å². The third-order valence-electron chi connectivity index (χ3n) is 2.98. The SMILES string of the molecule is O=NNc1ccc(CCCCCCCCBr)cc1. The summed E-state index contributed by atoms with van der Waals surface area (Å²) in [7, 11) is 0. The molecule has 0 saturated carbocycles. The van der Waals surface area contributed by atoms with Gasteiger partial charge in [0.25, 0.3) is 0 Å². The number of halogens is 1. The van der Waals surface area contributed by atoms with Gasteiger partial charge in [-0.25, -0.2) is 5.43 Å². The van der Waals surface area contributed by atoms with Gasteiger partial charge in [-0.15, -0.1) is 4.91 Å². The summed E-state index contributed by atoms with van der Waals surface area (Å²) < 4.78 is 0. The van der Waals surface area contributed by atoms with E-state index in [0.29, 0.717) is 0 Å². The molecule has 0 bridgehead atoms. The summed E-state index contributed by atoms with van der Waals surface area (Å²) >= 11 is 3.45. The van der Waals surface area contributed by atoms with E-state index in [1.165, 1.54) is 44.1 Å². The van der Waals surface area contributed by atoms with Crippen LogP contribution in [0.4, 0.5) is 5.69 Å². The minimum absolute atomic E-state index is 0.753. The summed E-state index contributed by atoms with van der Waals surface area (Å²) in [4.78, 5) is 10.0. The van der Waals surface area contributed by atoms with Gasteiger partial charge in [0.1, 0.15) is 0 Å². The monoisotopic (exact) mass is 312 g/mol. The highest BCUT2D eigenvalue weighted by molar-refractivity contribution is 9.09. The highest BCUT2D eigenvalue weighted by Gasteiger charge is 1.95. The maximum atomic E-state index is 10.0. The Morgan fingerprint density at radius 2 is 1.56 bits per heavy atom. The molecule has 0 heterocycles. The maximum Gasteiger partial charge on any atom is 0.0594 e. The van der Waals surface area contributed by atoms with Gasteiger partial charge >= 0.3 is 0 Å². The topological polar surface area (TPSA) is 41.5 Å². The number of aryl methyl sites for hydroxylation is 1. The Bertz CT molecular complexity index is 327. The smallest absolute Gasteiger partial charge is 0.0594 e. The van der Waals surface area contributed by atoms with Crippen LogP contribution < -0.4 is 5.43 Å². The van der Waals surface area contributed by atoms with Crippen LogP contribution in [0, 0.1) is 4.91 Å². The molecule has 0 radical (unpaired) electrons. The molecule has 0 atom stereocenters. The Labute approximate surface area is 117 Å². The molecule has 0 amide bonds. The summed E-state index contributed by atoms with van der Waals surface area (Å²) in [5.74, 6) is 0. The Kier molecular flexibility index (Phi) is 8.47. The van der Waals surface area contributed by atoms with Crippen LogP contribution in [0.5, 0.6) is 0 Å². The van der Waals surface area contributed by atoms with Crippen LogP contribution in [0.25, 0.3) is 0 Å². The Morgan fingerprint density at radius 3 is 2.17 bits per heavy atom. The molecule has 1 rings (SSSR count). The van der Waals surface area contributed by atoms with E-state index in [-0.39, 0.29) is 0 Å². The van der Waals surface area contributed by atoms with Gasteiger partial charge in [-0.2, -0.15) is 0 Å². The van der Waals surface area contributed by atoms with Crippen LogP contribution in [0.3, 0.4) is 0 Å². The maximum absolute atomic E-state index is 10.0. The zero-order valence-electron chi connectivity index (χ0n) is 10.7. The standard InChI is InChI=1S/C14H21BrN2O/c15-12-6-4-2-1-3-5-7-13-8-10-14(11-9-13)16-17-18/h8-11H,1-7,12H2,(H,16,18). The van der Waals surface area contributed by atoms with Gasteiger partial charge < -0.3 is 0 Å². The molecule has 0 spiro atoms. The van der Waals surface area contributed by atoms with E-state index < -0.39 is 0 Å². The number of anilines is 1. The summed E-state index contributed by atoms with van der Waals surface area (Å²) in [6.45, 7) is 0. The van der Waals surface area contributed by atoms with E-state index in [4.69, 9.17) is 0 Å². The van der Waals surface area contributed by atoms with Gasteiger partial charge in [0.15, 0.2) is 0 Å². The number of alkyl halides is 1. The summed E-state index contributed by atoms with van der Waals surface area (Å²) in [5, 5.41) is 3.77. The second kappa shape index (κ2) is 10.1. The largest absolute Gasteiger partial charge is 0.242 e. The van der Waals surface area contributed by atoms with Crippen LogP contribution in [0.15, 0.2) is 29.6 Å². The first-order valence-electron chi connectivity index (χ1n) is 6.60. The lowest BCUT2D eigenvalue weighted by atomic mass is 10.0. The van der Waals surface area contributed by atoms with Gasteiger partial charge in [0.2, 0.25) is 0 Å². The third-order valence-corrected chi connectivity index (χ3v) is 3.54. The predicted octanol–water partition coefficient (Wildman–Crippen LogP) is 5.06. The molecule has 0 aliphatic carbocycles. The van der Waals surface area contributed by atoms with E-state index in [9.17, 15) is 4.91 Å². The normalized spacial score (nSPS) is 10.3. The van der Waals surface area contributed by atoms with Crippen LogP contribution in [-0.2, 0) is 6.42 Å². The number of hydrogen-bond acceptors (Lipinski definition) is 2. The zero-order valence-corrected chi connectivity index (χ0v) is 12.3. The molecule has 0 fully saturated rings. The van der Waals surface area contributed by atoms with Crippen LogP contribution in [0.1, 0.15) is 44.1 Å². The fourth-order valence-corrected chi connectivity index (χ4v) is 2.33. The third kappa shape index (κ3) is 6.74. The lowest BCUT2D eigenvalue weighted by Gasteiger charge is -2.03. The molecule has 0 aliphatic rings. The highest BCUT2D eigenvalue weighted by Crippen LogP contribution is 2.13. The van der Waals surface area contributed by atoms with E-state index in [1.807, 2.05) is 12.1 Å². The Balaban J connectivity index is 2.09. The minimum atomic E-state index is 0.753. The molecular formula is C14H21BrN2O. The van der Waals surface area contributed by atoms with Gasteiger partial charge in [-0.05, 0) is 37.0 Å². The lowest BCUT2D eigenvalue weighted by molar-refractivity contribution is 0.610.